The molecule has 0 saturated heterocycles. The van der Waals surface area contributed by atoms with Gasteiger partial charge in [0, 0.05) is 28.2 Å². The normalized spacial score (nSPS) is 10.4. The third kappa shape index (κ3) is 2.90. The highest BCUT2D eigenvalue weighted by molar-refractivity contribution is 6.34. The molecule has 0 aromatic heterocycles. The lowest BCUT2D eigenvalue weighted by Crippen LogP contribution is -2.00. The van der Waals surface area contributed by atoms with E-state index in [4.69, 9.17) is 45.3 Å². The van der Waals surface area contributed by atoms with E-state index >= 15 is 0 Å². The van der Waals surface area contributed by atoms with Gasteiger partial charge in [-0.05, 0) is 24.3 Å². The minimum atomic E-state index is 0.285. The molecule has 0 amide bonds. The highest BCUT2D eigenvalue weighted by atomic mass is 35.5. The molecular formula is C13H10Cl3NO. The Morgan fingerprint density at radius 3 is 2.44 bits per heavy atom. The zero-order chi connectivity index (χ0) is 13.1. The van der Waals surface area contributed by atoms with Gasteiger partial charge < -0.3 is 10.5 Å². The van der Waals surface area contributed by atoms with Crippen molar-refractivity contribution in [3.8, 4) is 11.5 Å². The van der Waals surface area contributed by atoms with Crippen molar-refractivity contribution in [2.24, 2.45) is 5.73 Å². The first-order chi connectivity index (χ1) is 8.61. The lowest BCUT2D eigenvalue weighted by molar-refractivity contribution is 0.477. The van der Waals surface area contributed by atoms with E-state index in [9.17, 15) is 0 Å². The maximum atomic E-state index is 6.05. The third-order valence-corrected chi connectivity index (χ3v) is 3.29. The fourth-order valence-electron chi connectivity index (χ4n) is 1.51. The van der Waals surface area contributed by atoms with Crippen LogP contribution in [-0.2, 0) is 6.54 Å². The molecule has 0 heterocycles. The van der Waals surface area contributed by atoms with Gasteiger partial charge in [-0.1, -0.05) is 40.9 Å². The standard InChI is InChI=1S/C13H10Cl3NO/c14-8-4-5-11(16)13(6-8)18-12-3-1-2-10(15)9(12)7-17/h1-6H,7,17H2. The van der Waals surface area contributed by atoms with E-state index in [0.29, 0.717) is 26.6 Å². The number of hydrogen-bond donors (Lipinski definition) is 1. The largest absolute Gasteiger partial charge is 0.455 e. The number of rotatable bonds is 3. The zero-order valence-corrected chi connectivity index (χ0v) is 11.6. The van der Waals surface area contributed by atoms with Crippen LogP contribution in [0.15, 0.2) is 36.4 Å². The van der Waals surface area contributed by atoms with Gasteiger partial charge in [-0.25, -0.2) is 0 Å². The number of hydrogen-bond acceptors (Lipinski definition) is 2. The minimum absolute atomic E-state index is 0.285. The Kier molecular flexibility index (Phi) is 4.36. The second-order valence-electron chi connectivity index (χ2n) is 3.60. The molecule has 0 atom stereocenters. The quantitative estimate of drug-likeness (QED) is 0.875. The summed E-state index contributed by atoms with van der Waals surface area (Å²) in [7, 11) is 0. The second kappa shape index (κ2) is 5.81. The van der Waals surface area contributed by atoms with Crippen molar-refractivity contribution in [2.45, 2.75) is 6.54 Å². The first-order valence-corrected chi connectivity index (χ1v) is 6.35. The number of nitrogens with two attached hydrogens (primary N) is 1. The van der Waals surface area contributed by atoms with Crippen LogP contribution in [0, 0.1) is 0 Å². The van der Waals surface area contributed by atoms with Crippen molar-refractivity contribution in [1.82, 2.24) is 0 Å². The molecule has 0 saturated carbocycles. The van der Waals surface area contributed by atoms with E-state index in [1.807, 2.05) is 0 Å². The van der Waals surface area contributed by atoms with Gasteiger partial charge in [0.1, 0.15) is 11.5 Å². The van der Waals surface area contributed by atoms with E-state index in [2.05, 4.69) is 0 Å². The van der Waals surface area contributed by atoms with Crippen LogP contribution in [0.5, 0.6) is 11.5 Å². The molecule has 0 aliphatic heterocycles. The fourth-order valence-corrected chi connectivity index (χ4v) is 2.07. The summed E-state index contributed by atoms with van der Waals surface area (Å²) in [6.45, 7) is 0.285. The molecule has 0 spiro atoms. The van der Waals surface area contributed by atoms with Gasteiger partial charge in [-0.3, -0.25) is 0 Å². The minimum Gasteiger partial charge on any atom is -0.455 e. The van der Waals surface area contributed by atoms with Crippen molar-refractivity contribution in [3.63, 3.8) is 0 Å². The number of benzene rings is 2. The van der Waals surface area contributed by atoms with Crippen LogP contribution in [0.1, 0.15) is 5.56 Å². The van der Waals surface area contributed by atoms with Gasteiger partial charge in [0.2, 0.25) is 0 Å². The summed E-state index contributed by atoms with van der Waals surface area (Å²) >= 11 is 18.0. The predicted molar refractivity (Wildman–Crippen MR) is 75.9 cm³/mol. The van der Waals surface area contributed by atoms with Crippen LogP contribution < -0.4 is 10.5 Å². The van der Waals surface area contributed by atoms with Crippen LogP contribution in [0.25, 0.3) is 0 Å². The Morgan fingerprint density at radius 1 is 0.944 bits per heavy atom. The molecule has 2 rings (SSSR count). The molecule has 2 N–H and O–H groups in total. The number of halogens is 3. The Bertz CT molecular complexity index is 572. The van der Waals surface area contributed by atoms with Crippen molar-refractivity contribution in [2.75, 3.05) is 0 Å². The molecule has 0 radical (unpaired) electrons. The molecule has 94 valence electrons. The summed E-state index contributed by atoms with van der Waals surface area (Å²) in [6, 6.07) is 10.3. The van der Waals surface area contributed by atoms with Gasteiger partial charge in [0.15, 0.2) is 0 Å². The molecule has 2 aromatic carbocycles. The Balaban J connectivity index is 2.40. The second-order valence-corrected chi connectivity index (χ2v) is 4.85. The summed E-state index contributed by atoms with van der Waals surface area (Å²) in [5.41, 5.74) is 6.38. The lowest BCUT2D eigenvalue weighted by atomic mass is 10.2. The van der Waals surface area contributed by atoms with Crippen LogP contribution in [0.3, 0.4) is 0 Å². The molecule has 2 aromatic rings. The van der Waals surface area contributed by atoms with Gasteiger partial charge in [-0.15, -0.1) is 0 Å². The molecule has 2 nitrogen and oxygen atoms in total. The number of ether oxygens (including phenoxy) is 1. The molecule has 0 aliphatic carbocycles. The van der Waals surface area contributed by atoms with Gasteiger partial charge in [-0.2, -0.15) is 0 Å². The Morgan fingerprint density at radius 2 is 1.72 bits per heavy atom. The molecular weight excluding hydrogens is 293 g/mol. The monoisotopic (exact) mass is 301 g/mol. The molecule has 0 aliphatic rings. The Hall–Kier alpha value is -0.930. The van der Waals surface area contributed by atoms with Crippen LogP contribution >= 0.6 is 34.8 Å². The summed E-state index contributed by atoms with van der Waals surface area (Å²) in [5.74, 6) is 1.05. The van der Waals surface area contributed by atoms with E-state index in [1.165, 1.54) is 0 Å². The van der Waals surface area contributed by atoms with E-state index in [-0.39, 0.29) is 6.54 Å². The third-order valence-electron chi connectivity index (χ3n) is 2.39. The molecule has 18 heavy (non-hydrogen) atoms. The van der Waals surface area contributed by atoms with Crippen molar-refractivity contribution in [3.05, 3.63) is 57.0 Å². The van der Waals surface area contributed by atoms with Gasteiger partial charge in [0.05, 0.1) is 5.02 Å². The summed E-state index contributed by atoms with van der Waals surface area (Å²) in [5, 5.41) is 1.58. The van der Waals surface area contributed by atoms with Gasteiger partial charge >= 0.3 is 0 Å². The lowest BCUT2D eigenvalue weighted by Gasteiger charge is -2.12. The topological polar surface area (TPSA) is 35.2 Å². The van der Waals surface area contributed by atoms with Crippen LogP contribution in [-0.4, -0.2) is 0 Å². The van der Waals surface area contributed by atoms with Crippen molar-refractivity contribution >= 4 is 34.8 Å². The van der Waals surface area contributed by atoms with Crippen LogP contribution in [0.4, 0.5) is 0 Å². The SMILES string of the molecule is NCc1c(Cl)cccc1Oc1cc(Cl)ccc1Cl. The average Bonchev–Trinajstić information content (AvgIpc) is 2.34. The summed E-state index contributed by atoms with van der Waals surface area (Å²) in [4.78, 5) is 0. The summed E-state index contributed by atoms with van der Waals surface area (Å²) < 4.78 is 5.71. The van der Waals surface area contributed by atoms with Crippen LogP contribution in [0.2, 0.25) is 15.1 Å². The summed E-state index contributed by atoms with van der Waals surface area (Å²) in [6.07, 6.45) is 0. The fraction of sp³-hybridized carbons (Fsp3) is 0.0769. The molecule has 5 heteroatoms. The average molecular weight is 303 g/mol. The predicted octanol–water partition coefficient (Wildman–Crippen LogP) is 4.90. The highest BCUT2D eigenvalue weighted by Crippen LogP contribution is 2.35. The van der Waals surface area contributed by atoms with E-state index in [0.717, 1.165) is 5.56 Å². The zero-order valence-electron chi connectivity index (χ0n) is 9.29. The van der Waals surface area contributed by atoms with Gasteiger partial charge in [0.25, 0.3) is 0 Å². The smallest absolute Gasteiger partial charge is 0.147 e. The molecule has 0 fully saturated rings. The highest BCUT2D eigenvalue weighted by Gasteiger charge is 2.10. The maximum Gasteiger partial charge on any atom is 0.147 e. The molecule has 0 unspecified atom stereocenters. The molecule has 0 bridgehead atoms. The van der Waals surface area contributed by atoms with Crippen molar-refractivity contribution < 1.29 is 4.74 Å². The Labute approximate surface area is 120 Å². The maximum absolute atomic E-state index is 6.05. The van der Waals surface area contributed by atoms with E-state index in [1.54, 1.807) is 36.4 Å². The van der Waals surface area contributed by atoms with Crippen molar-refractivity contribution in [1.29, 1.82) is 0 Å². The van der Waals surface area contributed by atoms with E-state index < -0.39 is 0 Å². The first-order valence-electron chi connectivity index (χ1n) is 5.22. The first kappa shape index (κ1) is 13.5.